The molecule has 2 aromatic heterocycles. The van der Waals surface area contributed by atoms with Crippen molar-refractivity contribution in [2.75, 3.05) is 13.1 Å². The molecule has 5 rings (SSSR count). The van der Waals surface area contributed by atoms with Crippen LogP contribution in [0.4, 0.5) is 0 Å². The van der Waals surface area contributed by atoms with E-state index in [4.69, 9.17) is 4.74 Å². The molecular formula is C22H22N4O4S. The van der Waals surface area contributed by atoms with Crippen LogP contribution in [-0.4, -0.2) is 45.1 Å². The Bertz CT molecular complexity index is 1270. The molecule has 160 valence electrons. The number of thiophene rings is 1. The van der Waals surface area contributed by atoms with E-state index in [-0.39, 0.29) is 23.9 Å². The molecule has 0 aliphatic carbocycles. The van der Waals surface area contributed by atoms with Gasteiger partial charge in [-0.25, -0.2) is 4.98 Å². The number of fused-ring (bicyclic) bond motifs is 2. The molecule has 9 heteroatoms. The number of amides is 2. The molecule has 0 bridgehead atoms. The molecule has 3 aromatic rings. The number of ether oxygens (including phenoxy) is 1. The Morgan fingerprint density at radius 1 is 1.23 bits per heavy atom. The van der Waals surface area contributed by atoms with Crippen molar-refractivity contribution < 1.29 is 14.3 Å². The number of benzene rings is 1. The van der Waals surface area contributed by atoms with Gasteiger partial charge in [0, 0.05) is 30.8 Å². The second-order valence-electron chi connectivity index (χ2n) is 8.07. The summed E-state index contributed by atoms with van der Waals surface area (Å²) in [5.41, 5.74) is 0.455. The summed E-state index contributed by atoms with van der Waals surface area (Å²) in [5, 5.41) is 3.56. The van der Waals surface area contributed by atoms with E-state index in [2.05, 4.69) is 10.3 Å². The van der Waals surface area contributed by atoms with Crippen molar-refractivity contribution in [1.29, 1.82) is 0 Å². The number of rotatable bonds is 2. The summed E-state index contributed by atoms with van der Waals surface area (Å²) >= 11 is 1.49. The maximum atomic E-state index is 12.9. The molecule has 1 aromatic carbocycles. The van der Waals surface area contributed by atoms with Gasteiger partial charge < -0.3 is 15.0 Å². The molecule has 0 radical (unpaired) electrons. The molecule has 1 fully saturated rings. The van der Waals surface area contributed by atoms with E-state index in [1.165, 1.54) is 22.2 Å². The lowest BCUT2D eigenvalue weighted by Crippen LogP contribution is -2.61. The Balaban J connectivity index is 1.30. The van der Waals surface area contributed by atoms with E-state index in [1.807, 2.05) is 19.9 Å². The van der Waals surface area contributed by atoms with Gasteiger partial charge in [0.05, 0.1) is 17.3 Å². The zero-order valence-corrected chi connectivity index (χ0v) is 18.1. The van der Waals surface area contributed by atoms with Crippen LogP contribution >= 0.6 is 11.3 Å². The van der Waals surface area contributed by atoms with Gasteiger partial charge in [0.1, 0.15) is 17.1 Å². The van der Waals surface area contributed by atoms with Crippen molar-refractivity contribution in [2.24, 2.45) is 0 Å². The fraction of sp³-hybridized carbons (Fsp3) is 0.364. The molecule has 2 amide bonds. The van der Waals surface area contributed by atoms with Crippen LogP contribution in [0, 0.1) is 13.8 Å². The third-order valence-electron chi connectivity index (χ3n) is 6.16. The second kappa shape index (κ2) is 7.19. The number of piperidine rings is 1. The number of carbonyl (C=O) groups is 2. The number of hydrogen-bond acceptors (Lipinski definition) is 6. The van der Waals surface area contributed by atoms with Crippen molar-refractivity contribution in [3.63, 3.8) is 0 Å². The van der Waals surface area contributed by atoms with Crippen LogP contribution in [0.5, 0.6) is 5.75 Å². The van der Waals surface area contributed by atoms with Crippen LogP contribution in [0.15, 0.2) is 35.4 Å². The minimum Gasteiger partial charge on any atom is -0.467 e. The molecule has 0 unspecified atom stereocenters. The fourth-order valence-electron chi connectivity index (χ4n) is 4.23. The molecule has 2 aliphatic heterocycles. The van der Waals surface area contributed by atoms with Crippen LogP contribution in [0.1, 0.15) is 33.6 Å². The van der Waals surface area contributed by atoms with Crippen molar-refractivity contribution in [3.8, 4) is 5.75 Å². The minimum atomic E-state index is -0.801. The molecule has 1 N–H and O–H groups in total. The van der Waals surface area contributed by atoms with Crippen molar-refractivity contribution >= 4 is 33.4 Å². The zero-order chi connectivity index (χ0) is 21.8. The van der Waals surface area contributed by atoms with Gasteiger partial charge in [-0.2, -0.15) is 0 Å². The molecule has 1 saturated heterocycles. The lowest BCUT2D eigenvalue weighted by Gasteiger charge is -2.44. The Morgan fingerprint density at radius 2 is 1.97 bits per heavy atom. The predicted molar refractivity (Wildman–Crippen MR) is 116 cm³/mol. The highest BCUT2D eigenvalue weighted by molar-refractivity contribution is 7.18. The largest absolute Gasteiger partial charge is 0.467 e. The Morgan fingerprint density at radius 3 is 2.74 bits per heavy atom. The lowest BCUT2D eigenvalue weighted by atomic mass is 9.97. The zero-order valence-electron chi connectivity index (χ0n) is 17.3. The summed E-state index contributed by atoms with van der Waals surface area (Å²) in [6.45, 7) is 4.68. The first-order valence-corrected chi connectivity index (χ1v) is 11.0. The molecule has 2 aliphatic rings. The smallest absolute Gasteiger partial charge is 0.262 e. The summed E-state index contributed by atoms with van der Waals surface area (Å²) in [6, 6.07) is 7.16. The quantitative estimate of drug-likeness (QED) is 0.662. The van der Waals surface area contributed by atoms with Gasteiger partial charge in [0.2, 0.25) is 5.91 Å². The molecule has 31 heavy (non-hydrogen) atoms. The van der Waals surface area contributed by atoms with Crippen molar-refractivity contribution in [1.82, 2.24) is 19.8 Å². The first kappa shape index (κ1) is 19.7. The van der Waals surface area contributed by atoms with Crippen LogP contribution < -0.4 is 15.6 Å². The summed E-state index contributed by atoms with van der Waals surface area (Å²) in [5.74, 6) is 0.262. The maximum absolute atomic E-state index is 12.9. The topological polar surface area (TPSA) is 93.5 Å². The average Bonchev–Trinajstić information content (AvgIpc) is 3.05. The first-order valence-electron chi connectivity index (χ1n) is 10.2. The number of aryl methyl sites for hydroxylation is 2. The van der Waals surface area contributed by atoms with Gasteiger partial charge >= 0.3 is 0 Å². The summed E-state index contributed by atoms with van der Waals surface area (Å²) in [4.78, 5) is 46.1. The molecule has 4 heterocycles. The van der Waals surface area contributed by atoms with Crippen molar-refractivity contribution in [2.45, 2.75) is 39.0 Å². The highest BCUT2D eigenvalue weighted by Gasteiger charge is 2.43. The second-order valence-corrected chi connectivity index (χ2v) is 9.27. The summed E-state index contributed by atoms with van der Waals surface area (Å²) in [7, 11) is 0. The first-order chi connectivity index (χ1) is 14.9. The van der Waals surface area contributed by atoms with Gasteiger partial charge in [0.15, 0.2) is 5.72 Å². The van der Waals surface area contributed by atoms with E-state index in [0.717, 1.165) is 10.4 Å². The number of nitrogens with zero attached hydrogens (tertiary/aromatic N) is 3. The van der Waals surface area contributed by atoms with Crippen LogP contribution in [0.3, 0.4) is 0 Å². The summed E-state index contributed by atoms with van der Waals surface area (Å²) < 4.78 is 7.50. The van der Waals surface area contributed by atoms with E-state index in [9.17, 15) is 14.4 Å². The van der Waals surface area contributed by atoms with Gasteiger partial charge in [-0.15, -0.1) is 11.3 Å². The molecule has 1 spiro atoms. The predicted octanol–water partition coefficient (Wildman–Crippen LogP) is 2.22. The third-order valence-corrected chi connectivity index (χ3v) is 7.28. The highest BCUT2D eigenvalue weighted by atomic mass is 32.1. The van der Waals surface area contributed by atoms with Gasteiger partial charge in [-0.3, -0.25) is 19.0 Å². The number of nitrogens with one attached hydrogen (secondary N) is 1. The third kappa shape index (κ3) is 3.29. The molecule has 0 atom stereocenters. The Labute approximate surface area is 182 Å². The molecule has 0 saturated carbocycles. The molecule has 8 nitrogen and oxygen atoms in total. The Hall–Kier alpha value is -3.20. The van der Waals surface area contributed by atoms with Crippen molar-refractivity contribution in [3.05, 3.63) is 57.0 Å². The monoisotopic (exact) mass is 438 g/mol. The van der Waals surface area contributed by atoms with Crippen LogP contribution in [0.25, 0.3) is 10.2 Å². The lowest BCUT2D eigenvalue weighted by molar-refractivity contribution is -0.136. The number of likely N-dealkylation sites (tertiary alicyclic amines) is 1. The Kier molecular flexibility index (Phi) is 4.58. The van der Waals surface area contributed by atoms with Gasteiger partial charge in [-0.1, -0.05) is 12.1 Å². The van der Waals surface area contributed by atoms with E-state index >= 15 is 0 Å². The standard InChI is InChI=1S/C22H22N4O4S/c1-13-14(2)31-20-18(13)21(29)26(12-23-20)11-17(27)25-9-7-22(8-10-25)24-19(28)15-5-3-4-6-16(15)30-22/h3-6,12H,7-11H2,1-2H3,(H,24,28). The number of aromatic nitrogens is 2. The number of carbonyl (C=O) groups excluding carboxylic acids is 2. The normalized spacial score (nSPS) is 17.4. The van der Waals surface area contributed by atoms with E-state index < -0.39 is 5.72 Å². The van der Waals surface area contributed by atoms with Gasteiger partial charge in [0.25, 0.3) is 11.5 Å². The fourth-order valence-corrected chi connectivity index (χ4v) is 5.21. The van der Waals surface area contributed by atoms with Crippen LogP contribution in [0.2, 0.25) is 0 Å². The molecular weight excluding hydrogens is 416 g/mol. The number of hydrogen-bond donors (Lipinski definition) is 1. The average molecular weight is 439 g/mol. The van der Waals surface area contributed by atoms with E-state index in [1.54, 1.807) is 23.1 Å². The maximum Gasteiger partial charge on any atom is 0.262 e. The number of para-hydroxylation sites is 1. The SMILES string of the molecule is Cc1sc2ncn(CC(=O)N3CCC4(CC3)NC(=O)c3ccccc3O4)c(=O)c2c1C. The van der Waals surface area contributed by atoms with Gasteiger partial charge in [-0.05, 0) is 31.5 Å². The minimum absolute atomic E-state index is 0.0564. The van der Waals surface area contributed by atoms with E-state index in [0.29, 0.717) is 47.5 Å². The highest BCUT2D eigenvalue weighted by Crippen LogP contribution is 2.33. The summed E-state index contributed by atoms with van der Waals surface area (Å²) in [6.07, 6.45) is 2.41. The van der Waals surface area contributed by atoms with Crippen LogP contribution in [-0.2, 0) is 11.3 Å².